The van der Waals surface area contributed by atoms with Crippen molar-refractivity contribution in [2.45, 2.75) is 117 Å². The van der Waals surface area contributed by atoms with Crippen LogP contribution in [0.15, 0.2) is 0 Å². The third kappa shape index (κ3) is 13.6. The van der Waals surface area contributed by atoms with Crippen LogP contribution in [0.4, 0.5) is 0 Å². The van der Waals surface area contributed by atoms with E-state index in [1.54, 1.807) is 13.8 Å². The highest BCUT2D eigenvalue weighted by atomic mass is 16.4. The van der Waals surface area contributed by atoms with Crippen LogP contribution < -0.4 is 0 Å². The van der Waals surface area contributed by atoms with Crippen LogP contribution >= 0.6 is 0 Å². The molecule has 3 heteroatoms. The molecule has 0 spiro atoms. The van der Waals surface area contributed by atoms with Gasteiger partial charge in [0.05, 0.1) is 11.5 Å². The highest BCUT2D eigenvalue weighted by molar-refractivity contribution is 5.73. The molecule has 1 unspecified atom stereocenters. The first kappa shape index (κ1) is 22.4. The number of hydrogen-bond donors (Lipinski definition) is 2. The quantitative estimate of drug-likeness (QED) is 0.345. The van der Waals surface area contributed by atoms with Gasteiger partial charge in [-0.25, -0.2) is 0 Å². The smallest absolute Gasteiger partial charge is 0.309 e. The van der Waals surface area contributed by atoms with Gasteiger partial charge in [-0.1, -0.05) is 77.6 Å². The largest absolute Gasteiger partial charge is 0.481 e. The van der Waals surface area contributed by atoms with Crippen molar-refractivity contribution in [1.82, 2.24) is 0 Å². The second kappa shape index (κ2) is 13.8. The summed E-state index contributed by atoms with van der Waals surface area (Å²) in [6, 6.07) is 0. The lowest BCUT2D eigenvalue weighted by Gasteiger charge is -2.18. The minimum atomic E-state index is -0.716. The first-order chi connectivity index (χ1) is 10.9. The van der Waals surface area contributed by atoms with E-state index in [2.05, 4.69) is 6.92 Å². The van der Waals surface area contributed by atoms with E-state index < -0.39 is 11.4 Å². The molecule has 0 amide bonds. The molecule has 0 rings (SSSR count). The zero-order chi connectivity index (χ0) is 17.6. The number of carboxylic acids is 1. The SMILES string of the molecule is CCCCCCCCCCC(O)CCCCCC(C)(C)C(=O)O. The van der Waals surface area contributed by atoms with Crippen molar-refractivity contribution in [3.63, 3.8) is 0 Å². The molecule has 23 heavy (non-hydrogen) atoms. The van der Waals surface area contributed by atoms with Gasteiger partial charge < -0.3 is 10.2 Å². The van der Waals surface area contributed by atoms with Crippen molar-refractivity contribution >= 4 is 5.97 Å². The van der Waals surface area contributed by atoms with Crippen LogP contribution in [-0.4, -0.2) is 22.3 Å². The summed E-state index contributed by atoms with van der Waals surface area (Å²) in [5.74, 6) is -0.716. The summed E-state index contributed by atoms with van der Waals surface area (Å²) < 4.78 is 0. The van der Waals surface area contributed by atoms with Crippen molar-refractivity contribution in [2.24, 2.45) is 5.41 Å². The lowest BCUT2D eigenvalue weighted by Crippen LogP contribution is -2.23. The molecule has 0 aliphatic carbocycles. The molecule has 0 aromatic rings. The summed E-state index contributed by atoms with van der Waals surface area (Å²) in [4.78, 5) is 11.0. The number of aliphatic hydroxyl groups excluding tert-OH is 1. The predicted molar refractivity (Wildman–Crippen MR) is 97.7 cm³/mol. The van der Waals surface area contributed by atoms with E-state index in [1.165, 1.54) is 44.9 Å². The second-order valence-electron chi connectivity index (χ2n) is 7.71. The van der Waals surface area contributed by atoms with Crippen LogP contribution in [0, 0.1) is 5.41 Å². The topological polar surface area (TPSA) is 57.5 Å². The monoisotopic (exact) mass is 328 g/mol. The van der Waals surface area contributed by atoms with Crippen molar-refractivity contribution in [1.29, 1.82) is 0 Å². The Bertz CT molecular complexity index is 287. The maximum atomic E-state index is 11.0. The lowest BCUT2D eigenvalue weighted by atomic mass is 9.87. The molecule has 0 aromatic heterocycles. The van der Waals surface area contributed by atoms with Gasteiger partial charge in [0.1, 0.15) is 0 Å². The summed E-state index contributed by atoms with van der Waals surface area (Å²) >= 11 is 0. The molecule has 0 fully saturated rings. The Balaban J connectivity index is 3.37. The van der Waals surface area contributed by atoms with Gasteiger partial charge in [-0.2, -0.15) is 0 Å². The number of rotatable bonds is 16. The fraction of sp³-hybridized carbons (Fsp3) is 0.950. The molecule has 1 atom stereocenters. The minimum absolute atomic E-state index is 0.164. The normalized spacial score (nSPS) is 13.2. The molecule has 0 heterocycles. The molecule has 0 bridgehead atoms. The summed E-state index contributed by atoms with van der Waals surface area (Å²) in [5, 5.41) is 19.0. The third-order valence-electron chi connectivity index (χ3n) is 4.81. The van der Waals surface area contributed by atoms with Gasteiger partial charge in [-0.05, 0) is 33.1 Å². The van der Waals surface area contributed by atoms with E-state index in [-0.39, 0.29) is 6.10 Å². The van der Waals surface area contributed by atoms with Gasteiger partial charge in [0, 0.05) is 0 Å². The fourth-order valence-corrected chi connectivity index (χ4v) is 2.89. The number of aliphatic carboxylic acids is 1. The van der Waals surface area contributed by atoms with Crippen LogP contribution in [-0.2, 0) is 4.79 Å². The summed E-state index contributed by atoms with van der Waals surface area (Å²) in [6.45, 7) is 5.81. The maximum Gasteiger partial charge on any atom is 0.309 e. The molecule has 138 valence electrons. The van der Waals surface area contributed by atoms with Crippen molar-refractivity contribution in [3.8, 4) is 0 Å². The molecule has 0 aliphatic heterocycles. The standard InChI is InChI=1S/C20H40O3/c1-4-5-6-7-8-9-10-12-15-18(21)16-13-11-14-17-20(2,3)19(22)23/h18,21H,4-17H2,1-3H3,(H,22,23). The number of carbonyl (C=O) groups is 1. The minimum Gasteiger partial charge on any atom is -0.481 e. The molecule has 0 aliphatic rings. The molecule has 0 saturated heterocycles. The van der Waals surface area contributed by atoms with E-state index in [4.69, 9.17) is 5.11 Å². The Morgan fingerprint density at radius 1 is 0.826 bits per heavy atom. The van der Waals surface area contributed by atoms with E-state index in [0.29, 0.717) is 0 Å². The predicted octanol–water partition coefficient (Wildman–Crippen LogP) is 5.94. The van der Waals surface area contributed by atoms with Crippen LogP contribution in [0.5, 0.6) is 0 Å². The van der Waals surface area contributed by atoms with E-state index in [0.717, 1.165) is 44.9 Å². The molecule has 3 nitrogen and oxygen atoms in total. The molecule has 0 radical (unpaired) electrons. The summed E-state index contributed by atoms with van der Waals surface area (Å²) in [6.07, 6.45) is 15.7. The van der Waals surface area contributed by atoms with Gasteiger partial charge >= 0.3 is 5.97 Å². The van der Waals surface area contributed by atoms with Crippen LogP contribution in [0.25, 0.3) is 0 Å². The number of hydrogen-bond acceptors (Lipinski definition) is 2. The maximum absolute atomic E-state index is 11.0. The van der Waals surface area contributed by atoms with E-state index >= 15 is 0 Å². The van der Waals surface area contributed by atoms with Gasteiger partial charge in [0.15, 0.2) is 0 Å². The Hall–Kier alpha value is -0.570. The third-order valence-corrected chi connectivity index (χ3v) is 4.81. The van der Waals surface area contributed by atoms with Gasteiger partial charge in [-0.15, -0.1) is 0 Å². The average Bonchev–Trinajstić information content (AvgIpc) is 2.49. The second-order valence-corrected chi connectivity index (χ2v) is 7.71. The summed E-state index contributed by atoms with van der Waals surface area (Å²) in [7, 11) is 0. The van der Waals surface area contributed by atoms with Crippen LogP contribution in [0.3, 0.4) is 0 Å². The highest BCUT2D eigenvalue weighted by Crippen LogP contribution is 2.24. The zero-order valence-electron chi connectivity index (χ0n) is 15.8. The first-order valence-electron chi connectivity index (χ1n) is 9.81. The lowest BCUT2D eigenvalue weighted by molar-refractivity contribution is -0.147. The number of aliphatic hydroxyl groups is 1. The van der Waals surface area contributed by atoms with Gasteiger partial charge in [0.25, 0.3) is 0 Å². The zero-order valence-corrected chi connectivity index (χ0v) is 15.8. The Morgan fingerprint density at radius 2 is 1.26 bits per heavy atom. The van der Waals surface area contributed by atoms with Crippen molar-refractivity contribution < 1.29 is 15.0 Å². The molecular formula is C20H40O3. The van der Waals surface area contributed by atoms with Crippen molar-refractivity contribution in [3.05, 3.63) is 0 Å². The first-order valence-corrected chi connectivity index (χ1v) is 9.81. The highest BCUT2D eigenvalue weighted by Gasteiger charge is 2.25. The Morgan fingerprint density at radius 3 is 1.74 bits per heavy atom. The molecule has 2 N–H and O–H groups in total. The average molecular weight is 329 g/mol. The van der Waals surface area contributed by atoms with E-state index in [1.807, 2.05) is 0 Å². The Kier molecular flexibility index (Phi) is 13.5. The molecular weight excluding hydrogens is 288 g/mol. The number of unbranched alkanes of at least 4 members (excludes halogenated alkanes) is 9. The van der Waals surface area contributed by atoms with Gasteiger partial charge in [-0.3, -0.25) is 4.79 Å². The van der Waals surface area contributed by atoms with Crippen molar-refractivity contribution in [2.75, 3.05) is 0 Å². The molecule has 0 saturated carbocycles. The van der Waals surface area contributed by atoms with Gasteiger partial charge in [0.2, 0.25) is 0 Å². The molecule has 0 aromatic carbocycles. The van der Waals surface area contributed by atoms with E-state index in [9.17, 15) is 9.90 Å². The fourth-order valence-electron chi connectivity index (χ4n) is 2.89. The number of carboxylic acid groups (broad SMARTS) is 1. The Labute approximate surface area is 143 Å². The summed E-state index contributed by atoms with van der Waals surface area (Å²) in [5.41, 5.74) is -0.615. The van der Waals surface area contributed by atoms with Crippen LogP contribution in [0.2, 0.25) is 0 Å². The van der Waals surface area contributed by atoms with Crippen LogP contribution in [0.1, 0.15) is 111 Å².